The highest BCUT2D eigenvalue weighted by atomic mass is 35.5. The number of halogens is 1. The fraction of sp³-hybridized carbons (Fsp3) is 0.389. The van der Waals surface area contributed by atoms with Crippen molar-refractivity contribution in [3.63, 3.8) is 0 Å². The Hall–Kier alpha value is -2.54. The van der Waals surface area contributed by atoms with Crippen LogP contribution in [-0.2, 0) is 16.0 Å². The number of carbonyl (C=O) groups excluding carboxylic acids is 2. The van der Waals surface area contributed by atoms with Crippen molar-refractivity contribution in [3.05, 3.63) is 41.0 Å². The first-order valence-electron chi connectivity index (χ1n) is 8.48. The van der Waals surface area contributed by atoms with Gasteiger partial charge >= 0.3 is 6.09 Å². The molecule has 0 aliphatic carbocycles. The highest BCUT2D eigenvalue weighted by Crippen LogP contribution is 2.22. The first kappa shape index (κ1) is 18.3. The van der Waals surface area contributed by atoms with Crippen molar-refractivity contribution in [1.29, 1.82) is 0 Å². The molecule has 3 rings (SSSR count). The van der Waals surface area contributed by atoms with Crippen molar-refractivity contribution in [2.45, 2.75) is 13.3 Å². The lowest BCUT2D eigenvalue weighted by Gasteiger charge is -2.33. The average Bonchev–Trinajstić information content (AvgIpc) is 3.11. The maximum atomic E-state index is 12.5. The summed E-state index contributed by atoms with van der Waals surface area (Å²) in [6.07, 6.45) is -0.167. The smallest absolute Gasteiger partial charge is 0.409 e. The summed E-state index contributed by atoms with van der Waals surface area (Å²) in [7, 11) is 0. The molecule has 7 nitrogen and oxygen atoms in total. The first-order valence-corrected chi connectivity index (χ1v) is 8.85. The fourth-order valence-corrected chi connectivity index (χ4v) is 2.89. The third-order valence-corrected chi connectivity index (χ3v) is 4.43. The molecule has 1 aromatic carbocycles. The molecule has 8 heteroatoms. The van der Waals surface area contributed by atoms with Gasteiger partial charge in [-0.1, -0.05) is 16.8 Å². The molecule has 0 atom stereocenters. The summed E-state index contributed by atoms with van der Waals surface area (Å²) in [5.74, 6) is 0.557. The average molecular weight is 378 g/mol. The summed E-state index contributed by atoms with van der Waals surface area (Å²) >= 11 is 5.88. The summed E-state index contributed by atoms with van der Waals surface area (Å²) in [5.41, 5.74) is 1.43. The zero-order chi connectivity index (χ0) is 18.5. The van der Waals surface area contributed by atoms with Gasteiger partial charge in [0.15, 0.2) is 5.76 Å². The SMILES string of the molecule is CCOC(=O)N1CCN(C(=O)Cc2cc(-c3ccc(Cl)cc3)on2)CC1. The van der Waals surface area contributed by atoms with E-state index in [1.807, 2.05) is 12.1 Å². The van der Waals surface area contributed by atoms with Gasteiger partial charge in [-0.2, -0.15) is 0 Å². The molecular weight excluding hydrogens is 358 g/mol. The van der Waals surface area contributed by atoms with E-state index in [1.54, 1.807) is 34.9 Å². The van der Waals surface area contributed by atoms with Gasteiger partial charge in [-0.05, 0) is 31.2 Å². The van der Waals surface area contributed by atoms with Gasteiger partial charge in [-0.25, -0.2) is 4.79 Å². The Bertz CT molecular complexity index is 767. The van der Waals surface area contributed by atoms with Gasteiger partial charge in [0, 0.05) is 42.8 Å². The Kier molecular flexibility index (Phi) is 5.78. The molecule has 0 bridgehead atoms. The highest BCUT2D eigenvalue weighted by molar-refractivity contribution is 6.30. The maximum Gasteiger partial charge on any atom is 0.409 e. The van der Waals surface area contributed by atoms with Crippen LogP contribution in [0.3, 0.4) is 0 Å². The molecule has 0 unspecified atom stereocenters. The molecular formula is C18H20ClN3O4. The van der Waals surface area contributed by atoms with E-state index in [-0.39, 0.29) is 18.4 Å². The third kappa shape index (κ3) is 4.35. The second-order valence-electron chi connectivity index (χ2n) is 5.93. The second-order valence-corrected chi connectivity index (χ2v) is 6.37. The number of nitrogens with zero attached hydrogens (tertiary/aromatic N) is 3. The van der Waals surface area contributed by atoms with Crippen LogP contribution in [0.15, 0.2) is 34.9 Å². The van der Waals surface area contributed by atoms with Crippen LogP contribution in [0.4, 0.5) is 4.79 Å². The molecule has 2 heterocycles. The lowest BCUT2D eigenvalue weighted by molar-refractivity contribution is -0.132. The Morgan fingerprint density at radius 2 is 1.81 bits per heavy atom. The van der Waals surface area contributed by atoms with Gasteiger partial charge in [0.25, 0.3) is 0 Å². The minimum atomic E-state index is -0.330. The zero-order valence-corrected chi connectivity index (χ0v) is 15.2. The molecule has 0 radical (unpaired) electrons. The molecule has 1 aromatic heterocycles. The number of ether oxygens (including phenoxy) is 1. The van der Waals surface area contributed by atoms with Crippen LogP contribution in [0, 0.1) is 0 Å². The molecule has 0 N–H and O–H groups in total. The van der Waals surface area contributed by atoms with Gasteiger partial charge in [0.05, 0.1) is 18.7 Å². The standard InChI is InChI=1S/C18H20ClN3O4/c1-2-25-18(24)22-9-7-21(8-10-22)17(23)12-15-11-16(26-20-15)13-3-5-14(19)6-4-13/h3-6,11H,2,7-10,12H2,1H3. The van der Waals surface area contributed by atoms with Crippen LogP contribution < -0.4 is 0 Å². The van der Waals surface area contributed by atoms with Gasteiger partial charge in [0.2, 0.25) is 5.91 Å². The van der Waals surface area contributed by atoms with E-state index in [0.717, 1.165) is 5.56 Å². The molecule has 0 spiro atoms. The van der Waals surface area contributed by atoms with Gasteiger partial charge < -0.3 is 19.1 Å². The van der Waals surface area contributed by atoms with E-state index in [9.17, 15) is 9.59 Å². The van der Waals surface area contributed by atoms with Crippen molar-refractivity contribution >= 4 is 23.6 Å². The maximum absolute atomic E-state index is 12.5. The molecule has 1 aliphatic rings. The fourth-order valence-electron chi connectivity index (χ4n) is 2.77. The van der Waals surface area contributed by atoms with Crippen molar-refractivity contribution in [2.24, 2.45) is 0 Å². The van der Waals surface area contributed by atoms with E-state index in [1.165, 1.54) is 0 Å². The van der Waals surface area contributed by atoms with Gasteiger partial charge in [-0.15, -0.1) is 0 Å². The summed E-state index contributed by atoms with van der Waals surface area (Å²) in [5, 5.41) is 4.62. The van der Waals surface area contributed by atoms with Crippen LogP contribution in [-0.4, -0.2) is 59.7 Å². The number of carbonyl (C=O) groups is 2. The van der Waals surface area contributed by atoms with E-state index in [4.69, 9.17) is 20.9 Å². The highest BCUT2D eigenvalue weighted by Gasteiger charge is 2.25. The summed E-state index contributed by atoms with van der Waals surface area (Å²) in [6.45, 7) is 4.03. The first-order chi connectivity index (χ1) is 12.6. The van der Waals surface area contributed by atoms with Crippen molar-refractivity contribution in [1.82, 2.24) is 15.0 Å². The topological polar surface area (TPSA) is 75.9 Å². The summed E-state index contributed by atoms with van der Waals surface area (Å²) in [6, 6.07) is 8.97. The molecule has 1 aliphatic heterocycles. The van der Waals surface area contributed by atoms with Crippen LogP contribution in [0.2, 0.25) is 5.02 Å². The number of hydrogen-bond donors (Lipinski definition) is 0. The zero-order valence-electron chi connectivity index (χ0n) is 14.5. The molecule has 1 fully saturated rings. The monoisotopic (exact) mass is 377 g/mol. The van der Waals surface area contributed by atoms with Crippen LogP contribution in [0.25, 0.3) is 11.3 Å². The molecule has 0 saturated carbocycles. The minimum absolute atomic E-state index is 0.0375. The van der Waals surface area contributed by atoms with E-state index in [2.05, 4.69) is 5.16 Å². The number of piperazine rings is 1. The van der Waals surface area contributed by atoms with E-state index >= 15 is 0 Å². The summed E-state index contributed by atoms with van der Waals surface area (Å²) in [4.78, 5) is 27.5. The van der Waals surface area contributed by atoms with Crippen LogP contribution in [0.1, 0.15) is 12.6 Å². The van der Waals surface area contributed by atoms with Crippen molar-refractivity contribution in [3.8, 4) is 11.3 Å². The largest absolute Gasteiger partial charge is 0.450 e. The normalized spacial score (nSPS) is 14.4. The minimum Gasteiger partial charge on any atom is -0.450 e. The lowest BCUT2D eigenvalue weighted by Crippen LogP contribution is -2.51. The van der Waals surface area contributed by atoms with Gasteiger partial charge in [-0.3, -0.25) is 4.79 Å². The van der Waals surface area contributed by atoms with Crippen LogP contribution >= 0.6 is 11.6 Å². The number of rotatable bonds is 4. The van der Waals surface area contributed by atoms with Crippen molar-refractivity contribution < 1.29 is 18.8 Å². The van der Waals surface area contributed by atoms with Crippen LogP contribution in [0.5, 0.6) is 0 Å². The predicted octanol–water partition coefficient (Wildman–Crippen LogP) is 2.84. The second kappa shape index (κ2) is 8.23. The van der Waals surface area contributed by atoms with Crippen molar-refractivity contribution in [2.75, 3.05) is 32.8 Å². The third-order valence-electron chi connectivity index (χ3n) is 4.18. The summed E-state index contributed by atoms with van der Waals surface area (Å²) < 4.78 is 10.3. The number of aromatic nitrogens is 1. The Morgan fingerprint density at radius 1 is 1.15 bits per heavy atom. The predicted molar refractivity (Wildman–Crippen MR) is 95.8 cm³/mol. The van der Waals surface area contributed by atoms with Gasteiger partial charge in [0.1, 0.15) is 0 Å². The number of hydrogen-bond acceptors (Lipinski definition) is 5. The Balaban J connectivity index is 1.54. The molecule has 2 aromatic rings. The van der Waals surface area contributed by atoms with E-state index in [0.29, 0.717) is 49.3 Å². The molecule has 1 saturated heterocycles. The number of amides is 2. The Morgan fingerprint density at radius 3 is 2.46 bits per heavy atom. The quantitative estimate of drug-likeness (QED) is 0.818. The lowest BCUT2D eigenvalue weighted by atomic mass is 10.1. The van der Waals surface area contributed by atoms with E-state index < -0.39 is 0 Å². The molecule has 26 heavy (non-hydrogen) atoms. The number of benzene rings is 1. The molecule has 138 valence electrons. The Labute approximate surface area is 156 Å². The molecule has 2 amide bonds.